The first kappa shape index (κ1) is 27.3. The van der Waals surface area contributed by atoms with Crippen LogP contribution >= 0.6 is 11.6 Å². The van der Waals surface area contributed by atoms with E-state index in [2.05, 4.69) is 39.4 Å². The number of ether oxygens (including phenoxy) is 1. The number of carbonyl (C=O) groups excluding carboxylic acids is 1. The number of hydrogen-bond acceptors (Lipinski definition) is 5. The summed E-state index contributed by atoms with van der Waals surface area (Å²) in [6.45, 7) is 9.82. The maximum absolute atomic E-state index is 12.9. The smallest absolute Gasteiger partial charge is 0.167 e. The van der Waals surface area contributed by atoms with Crippen molar-refractivity contribution in [3.8, 4) is 5.75 Å². The molecule has 35 heavy (non-hydrogen) atoms. The molecule has 5 nitrogen and oxygen atoms in total. The molecule has 0 amide bonds. The van der Waals surface area contributed by atoms with Gasteiger partial charge in [0.15, 0.2) is 5.78 Å². The van der Waals surface area contributed by atoms with Crippen molar-refractivity contribution in [1.82, 2.24) is 15.1 Å². The van der Waals surface area contributed by atoms with E-state index in [0.717, 1.165) is 75.5 Å². The van der Waals surface area contributed by atoms with Crippen LogP contribution in [-0.4, -0.2) is 55.5 Å². The molecule has 4 rings (SSSR count). The number of nitrogens with one attached hydrogen (secondary N) is 1. The zero-order valence-electron chi connectivity index (χ0n) is 21.4. The molecule has 0 spiro atoms. The second kappa shape index (κ2) is 14.3. The molecule has 0 aromatic heterocycles. The lowest BCUT2D eigenvalue weighted by Crippen LogP contribution is -2.35. The third-order valence-corrected chi connectivity index (χ3v) is 6.78. The van der Waals surface area contributed by atoms with E-state index in [9.17, 15) is 4.79 Å². The van der Waals surface area contributed by atoms with Gasteiger partial charge in [-0.25, -0.2) is 0 Å². The van der Waals surface area contributed by atoms with Crippen LogP contribution < -0.4 is 10.1 Å². The monoisotopic (exact) mass is 497 g/mol. The largest absolute Gasteiger partial charge is 0.497 e. The fourth-order valence-electron chi connectivity index (χ4n) is 4.35. The topological polar surface area (TPSA) is 44.8 Å². The van der Waals surface area contributed by atoms with Crippen molar-refractivity contribution in [2.24, 2.45) is 5.92 Å². The van der Waals surface area contributed by atoms with E-state index >= 15 is 0 Å². The second-order valence-corrected chi connectivity index (χ2v) is 9.21. The lowest BCUT2D eigenvalue weighted by atomic mass is 9.99. The Morgan fingerprint density at radius 2 is 1.74 bits per heavy atom. The summed E-state index contributed by atoms with van der Waals surface area (Å²) in [5.74, 6) is 1.73. The van der Waals surface area contributed by atoms with Crippen LogP contribution in [0.25, 0.3) is 5.57 Å². The molecule has 2 fully saturated rings. The zero-order valence-corrected chi connectivity index (χ0v) is 22.2. The average molecular weight is 498 g/mol. The van der Waals surface area contributed by atoms with Crippen molar-refractivity contribution in [3.63, 3.8) is 0 Å². The molecule has 1 aliphatic heterocycles. The van der Waals surface area contributed by atoms with Crippen LogP contribution in [0.3, 0.4) is 0 Å². The Bertz CT molecular complexity index is 974. The van der Waals surface area contributed by atoms with E-state index in [1.165, 1.54) is 11.1 Å². The normalized spacial score (nSPS) is 17.2. The van der Waals surface area contributed by atoms with Gasteiger partial charge in [-0.3, -0.25) is 14.6 Å². The number of hydrogen-bond donors (Lipinski definition) is 1. The summed E-state index contributed by atoms with van der Waals surface area (Å²) in [6, 6.07) is 16.2. The highest BCUT2D eigenvalue weighted by molar-refractivity contribution is 6.22. The number of ketones is 1. The lowest BCUT2D eigenvalue weighted by Gasteiger charge is -2.23. The molecule has 2 aromatic carbocycles. The molecular weight excluding hydrogens is 458 g/mol. The SMILES string of the molecule is CC.COc1cccc(/C(=C\NCN2CCCN(Cc3ccccc3CCl)CC2)C(=O)C2CC2)c1. The van der Waals surface area contributed by atoms with Crippen molar-refractivity contribution in [1.29, 1.82) is 0 Å². The first-order valence-corrected chi connectivity index (χ1v) is 13.4. The van der Waals surface area contributed by atoms with E-state index in [-0.39, 0.29) is 11.7 Å². The van der Waals surface area contributed by atoms with Crippen molar-refractivity contribution in [2.45, 2.75) is 45.5 Å². The number of Topliss-reactive ketones (excluding diaryl/α,β-unsaturated/α-hetero) is 1. The Balaban J connectivity index is 0.00000167. The van der Waals surface area contributed by atoms with E-state index in [4.69, 9.17) is 16.3 Å². The van der Waals surface area contributed by atoms with Gasteiger partial charge in [-0.15, -0.1) is 11.6 Å². The number of rotatable bonds is 10. The summed E-state index contributed by atoms with van der Waals surface area (Å²) < 4.78 is 5.36. The maximum atomic E-state index is 12.9. The van der Waals surface area contributed by atoms with Gasteiger partial charge in [0.1, 0.15) is 5.75 Å². The van der Waals surface area contributed by atoms with E-state index in [1.54, 1.807) is 7.11 Å². The van der Waals surface area contributed by atoms with Gasteiger partial charge < -0.3 is 10.1 Å². The number of nitrogens with zero attached hydrogens (tertiary/aromatic N) is 2. The van der Waals surface area contributed by atoms with Crippen molar-refractivity contribution < 1.29 is 9.53 Å². The fraction of sp³-hybridized carbons (Fsp3) is 0.483. The first-order chi connectivity index (χ1) is 17.2. The van der Waals surface area contributed by atoms with Gasteiger partial charge in [-0.1, -0.05) is 50.2 Å². The predicted octanol–water partition coefficient (Wildman–Crippen LogP) is 5.54. The summed E-state index contributed by atoms with van der Waals surface area (Å²) in [7, 11) is 1.65. The Morgan fingerprint density at radius 1 is 1.03 bits per heavy atom. The minimum atomic E-state index is 0.173. The Labute approximate surface area is 216 Å². The number of benzene rings is 2. The molecule has 2 aliphatic rings. The predicted molar refractivity (Wildman–Crippen MR) is 146 cm³/mol. The molecule has 1 heterocycles. The summed E-state index contributed by atoms with van der Waals surface area (Å²) in [4.78, 5) is 17.9. The third kappa shape index (κ3) is 8.09. The van der Waals surface area contributed by atoms with Gasteiger partial charge in [-0.05, 0) is 54.6 Å². The molecule has 0 atom stereocenters. The Hall–Kier alpha value is -2.34. The van der Waals surface area contributed by atoms with Gasteiger partial charge in [-0.2, -0.15) is 0 Å². The van der Waals surface area contributed by atoms with Crippen LogP contribution in [0.4, 0.5) is 0 Å². The molecule has 6 heteroatoms. The van der Waals surface area contributed by atoms with Crippen molar-refractivity contribution >= 4 is 23.0 Å². The molecule has 1 N–H and O–H groups in total. The Kier molecular flexibility index (Phi) is 11.1. The first-order valence-electron chi connectivity index (χ1n) is 12.9. The highest BCUT2D eigenvalue weighted by Crippen LogP contribution is 2.35. The van der Waals surface area contributed by atoms with Gasteiger partial charge in [0.2, 0.25) is 0 Å². The number of alkyl halides is 1. The quantitative estimate of drug-likeness (QED) is 0.345. The molecule has 1 aliphatic carbocycles. The number of allylic oxidation sites excluding steroid dienone is 1. The van der Waals surface area contributed by atoms with Crippen molar-refractivity contribution in [3.05, 3.63) is 71.4 Å². The van der Waals surface area contributed by atoms with Crippen LogP contribution in [0.2, 0.25) is 0 Å². The number of methoxy groups -OCH3 is 1. The molecule has 0 unspecified atom stereocenters. The van der Waals surface area contributed by atoms with Crippen LogP contribution in [0.15, 0.2) is 54.7 Å². The van der Waals surface area contributed by atoms with E-state index < -0.39 is 0 Å². The van der Waals surface area contributed by atoms with Gasteiger partial charge in [0, 0.05) is 49.7 Å². The average Bonchev–Trinajstić information content (AvgIpc) is 3.77. The molecule has 0 bridgehead atoms. The van der Waals surface area contributed by atoms with Crippen LogP contribution in [0.5, 0.6) is 5.75 Å². The van der Waals surface area contributed by atoms with Crippen LogP contribution in [0, 0.1) is 5.92 Å². The van der Waals surface area contributed by atoms with E-state index in [0.29, 0.717) is 5.88 Å². The second-order valence-electron chi connectivity index (χ2n) is 8.94. The van der Waals surface area contributed by atoms with Crippen LogP contribution in [0.1, 0.15) is 49.8 Å². The summed E-state index contributed by atoms with van der Waals surface area (Å²) in [6.07, 6.45) is 5.02. The minimum Gasteiger partial charge on any atom is -0.497 e. The molecule has 190 valence electrons. The molecule has 1 saturated heterocycles. The summed E-state index contributed by atoms with van der Waals surface area (Å²) in [5, 5.41) is 3.43. The zero-order chi connectivity index (χ0) is 25.0. The molecular formula is C29H40ClN3O2. The standard InChI is InChI=1S/C27H34ClN3O2.C2H6/c1-33-25-9-4-8-22(16-25)26(27(32)21-10-11-21)18-29-20-31-13-5-12-30(14-15-31)19-24-7-3-2-6-23(24)17-28;1-2/h2-4,6-9,16,18,21,29H,5,10-15,17,19-20H2,1H3;1-2H3/b26-18+;. The third-order valence-electron chi connectivity index (χ3n) is 6.49. The van der Waals surface area contributed by atoms with Crippen LogP contribution in [-0.2, 0) is 17.2 Å². The summed E-state index contributed by atoms with van der Waals surface area (Å²) in [5.41, 5.74) is 4.21. The highest BCUT2D eigenvalue weighted by atomic mass is 35.5. The van der Waals surface area contributed by atoms with Crippen molar-refractivity contribution in [2.75, 3.05) is 40.0 Å². The molecule has 1 saturated carbocycles. The lowest BCUT2D eigenvalue weighted by molar-refractivity contribution is -0.114. The van der Waals surface area contributed by atoms with Gasteiger partial charge in [0.25, 0.3) is 0 Å². The minimum absolute atomic E-state index is 0.173. The Morgan fingerprint density at radius 3 is 2.46 bits per heavy atom. The number of carbonyl (C=O) groups is 1. The van der Waals surface area contributed by atoms with Gasteiger partial charge in [0.05, 0.1) is 13.8 Å². The molecule has 2 aromatic rings. The van der Waals surface area contributed by atoms with Gasteiger partial charge >= 0.3 is 0 Å². The number of halogens is 1. The highest BCUT2D eigenvalue weighted by Gasteiger charge is 2.32. The summed E-state index contributed by atoms with van der Waals surface area (Å²) >= 11 is 6.12. The van der Waals surface area contributed by atoms with E-state index in [1.807, 2.05) is 44.3 Å². The molecule has 0 radical (unpaired) electrons. The fourth-order valence-corrected chi connectivity index (χ4v) is 4.61. The maximum Gasteiger partial charge on any atom is 0.167 e.